The second-order valence-electron chi connectivity index (χ2n) is 7.46. The van der Waals surface area contributed by atoms with Gasteiger partial charge in [0, 0.05) is 31.7 Å². The Labute approximate surface area is 181 Å². The molecule has 0 radical (unpaired) electrons. The highest BCUT2D eigenvalue weighted by Crippen LogP contribution is 2.23. The van der Waals surface area contributed by atoms with Crippen LogP contribution in [0.1, 0.15) is 36.1 Å². The predicted octanol–water partition coefficient (Wildman–Crippen LogP) is 3.67. The fraction of sp³-hybridized carbons (Fsp3) is 0.429. The zero-order chi connectivity index (χ0) is 21.5. The third kappa shape index (κ3) is 5.74. The van der Waals surface area contributed by atoms with Crippen molar-refractivity contribution in [2.24, 2.45) is 5.92 Å². The molecule has 9 heteroatoms. The van der Waals surface area contributed by atoms with Gasteiger partial charge >= 0.3 is 6.09 Å². The fourth-order valence-corrected chi connectivity index (χ4v) is 3.74. The Morgan fingerprint density at radius 1 is 1.43 bits per heavy atom. The number of aromatic amines is 1. The summed E-state index contributed by atoms with van der Waals surface area (Å²) in [5.74, 6) is 0.549. The maximum absolute atomic E-state index is 12.4. The standard InChI is InChI=1S/C21H25ClN6O2/c1-15(20-13-24-26-25-20)27(2)6-3-16-4-7-28(8-5-16)21(29)30-14-18-9-17(12-23)10-19(22)11-18/h9-11,13,16H,1,3-8,14H2,2H3,(H,24,25,26). The van der Waals surface area contributed by atoms with E-state index in [0.717, 1.165) is 37.2 Å². The number of carbonyl (C=O) groups is 1. The summed E-state index contributed by atoms with van der Waals surface area (Å²) in [5.41, 5.74) is 2.74. The number of halogens is 1. The van der Waals surface area contributed by atoms with Crippen molar-refractivity contribution in [3.63, 3.8) is 0 Å². The Morgan fingerprint density at radius 3 is 2.87 bits per heavy atom. The van der Waals surface area contributed by atoms with Crippen molar-refractivity contribution < 1.29 is 9.53 Å². The van der Waals surface area contributed by atoms with Gasteiger partial charge in [-0.2, -0.15) is 20.7 Å². The minimum Gasteiger partial charge on any atom is -0.445 e. The fourth-order valence-electron chi connectivity index (χ4n) is 3.49. The van der Waals surface area contributed by atoms with Crippen LogP contribution in [0.4, 0.5) is 4.79 Å². The van der Waals surface area contributed by atoms with Crippen molar-refractivity contribution in [1.82, 2.24) is 25.2 Å². The van der Waals surface area contributed by atoms with Crippen LogP contribution in [-0.2, 0) is 11.3 Å². The lowest BCUT2D eigenvalue weighted by Gasteiger charge is -2.32. The molecule has 158 valence electrons. The van der Waals surface area contributed by atoms with E-state index in [-0.39, 0.29) is 12.7 Å². The van der Waals surface area contributed by atoms with Crippen LogP contribution in [0.25, 0.3) is 5.70 Å². The van der Waals surface area contributed by atoms with Crippen molar-refractivity contribution >= 4 is 23.4 Å². The molecule has 0 atom stereocenters. The van der Waals surface area contributed by atoms with Gasteiger partial charge in [-0.1, -0.05) is 18.2 Å². The van der Waals surface area contributed by atoms with Crippen molar-refractivity contribution in [2.75, 3.05) is 26.7 Å². The molecule has 0 aliphatic carbocycles. The molecule has 1 aliphatic heterocycles. The van der Waals surface area contributed by atoms with E-state index in [1.807, 2.05) is 13.1 Å². The first-order valence-electron chi connectivity index (χ1n) is 9.83. The summed E-state index contributed by atoms with van der Waals surface area (Å²) in [4.78, 5) is 16.2. The number of hydrogen-bond donors (Lipinski definition) is 1. The van der Waals surface area contributed by atoms with Crippen molar-refractivity contribution in [3.8, 4) is 6.07 Å². The molecule has 3 rings (SSSR count). The van der Waals surface area contributed by atoms with Gasteiger partial charge < -0.3 is 14.5 Å². The quantitative estimate of drug-likeness (QED) is 0.722. The second kappa shape index (κ2) is 10.1. The van der Waals surface area contributed by atoms with Gasteiger partial charge in [-0.3, -0.25) is 0 Å². The zero-order valence-electron chi connectivity index (χ0n) is 17.0. The van der Waals surface area contributed by atoms with Crippen LogP contribution in [0, 0.1) is 17.2 Å². The third-order valence-electron chi connectivity index (χ3n) is 5.37. The van der Waals surface area contributed by atoms with Crippen molar-refractivity contribution in [1.29, 1.82) is 5.26 Å². The van der Waals surface area contributed by atoms with E-state index in [1.54, 1.807) is 29.3 Å². The lowest BCUT2D eigenvalue weighted by Crippen LogP contribution is -2.39. The summed E-state index contributed by atoms with van der Waals surface area (Å²) in [6, 6.07) is 7.00. The van der Waals surface area contributed by atoms with Crippen LogP contribution in [0.5, 0.6) is 0 Å². The van der Waals surface area contributed by atoms with E-state index in [1.165, 1.54) is 0 Å². The van der Waals surface area contributed by atoms with E-state index >= 15 is 0 Å². The van der Waals surface area contributed by atoms with Gasteiger partial charge in [0.15, 0.2) is 0 Å². The highest BCUT2D eigenvalue weighted by atomic mass is 35.5. The SMILES string of the molecule is C=C(c1cn[nH]n1)N(C)CCC1CCN(C(=O)OCc2cc(Cl)cc(C#N)c2)CC1. The highest BCUT2D eigenvalue weighted by Gasteiger charge is 2.24. The average Bonchev–Trinajstić information content (AvgIpc) is 3.30. The molecule has 0 unspecified atom stereocenters. The maximum Gasteiger partial charge on any atom is 0.410 e. The molecule has 2 aromatic rings. The Morgan fingerprint density at radius 2 is 2.20 bits per heavy atom. The molecule has 1 saturated heterocycles. The first kappa shape index (κ1) is 21.7. The molecule has 1 amide bonds. The van der Waals surface area contributed by atoms with Crippen LogP contribution in [0.2, 0.25) is 5.02 Å². The van der Waals surface area contributed by atoms with Crippen LogP contribution < -0.4 is 0 Å². The number of aromatic nitrogens is 3. The molecule has 1 N–H and O–H groups in total. The van der Waals surface area contributed by atoms with E-state index in [2.05, 4.69) is 26.9 Å². The van der Waals surface area contributed by atoms with Gasteiger partial charge in [0.25, 0.3) is 0 Å². The van der Waals surface area contributed by atoms with Gasteiger partial charge in [-0.15, -0.1) is 0 Å². The van der Waals surface area contributed by atoms with Gasteiger partial charge in [0.1, 0.15) is 12.3 Å². The van der Waals surface area contributed by atoms with Crippen LogP contribution in [0.3, 0.4) is 0 Å². The molecule has 0 bridgehead atoms. The summed E-state index contributed by atoms with van der Waals surface area (Å²) >= 11 is 5.99. The van der Waals surface area contributed by atoms with E-state index in [9.17, 15) is 4.79 Å². The number of hydrogen-bond acceptors (Lipinski definition) is 6. The second-order valence-corrected chi connectivity index (χ2v) is 7.89. The number of piperidine rings is 1. The Hall–Kier alpha value is -3.05. The predicted molar refractivity (Wildman–Crippen MR) is 113 cm³/mol. The number of nitriles is 1. The molecule has 30 heavy (non-hydrogen) atoms. The number of nitrogens with one attached hydrogen (secondary N) is 1. The summed E-state index contributed by atoms with van der Waals surface area (Å²) in [7, 11) is 2.00. The molecule has 1 aromatic carbocycles. The minimum atomic E-state index is -0.330. The third-order valence-corrected chi connectivity index (χ3v) is 5.58. The highest BCUT2D eigenvalue weighted by molar-refractivity contribution is 6.30. The minimum absolute atomic E-state index is 0.100. The Balaban J connectivity index is 1.39. The lowest BCUT2D eigenvalue weighted by atomic mass is 9.93. The van der Waals surface area contributed by atoms with E-state index < -0.39 is 0 Å². The van der Waals surface area contributed by atoms with Crippen LogP contribution in [-0.4, -0.2) is 58.0 Å². The lowest BCUT2D eigenvalue weighted by molar-refractivity contribution is 0.0810. The molecule has 8 nitrogen and oxygen atoms in total. The smallest absolute Gasteiger partial charge is 0.410 e. The van der Waals surface area contributed by atoms with Gasteiger partial charge in [-0.05, 0) is 48.9 Å². The van der Waals surface area contributed by atoms with E-state index in [4.69, 9.17) is 21.6 Å². The largest absolute Gasteiger partial charge is 0.445 e. The normalized spacial score (nSPS) is 14.2. The average molecular weight is 429 g/mol. The van der Waals surface area contributed by atoms with Crippen LogP contribution in [0.15, 0.2) is 31.0 Å². The molecule has 1 aliphatic rings. The summed E-state index contributed by atoms with van der Waals surface area (Å²) in [6.45, 7) is 6.39. The molecule has 0 saturated carbocycles. The first-order chi connectivity index (χ1) is 14.5. The number of likely N-dealkylation sites (tertiary alicyclic amines) is 1. The molecule has 1 aromatic heterocycles. The summed E-state index contributed by atoms with van der Waals surface area (Å²) < 4.78 is 5.41. The van der Waals surface area contributed by atoms with Gasteiger partial charge in [0.2, 0.25) is 0 Å². The number of carbonyl (C=O) groups excluding carboxylic acids is 1. The first-order valence-corrected chi connectivity index (χ1v) is 10.2. The zero-order valence-corrected chi connectivity index (χ0v) is 17.7. The number of ether oxygens (including phenoxy) is 1. The summed E-state index contributed by atoms with van der Waals surface area (Å²) in [5, 5.41) is 19.9. The molecular formula is C21H25ClN6O2. The van der Waals surface area contributed by atoms with Gasteiger partial charge in [0.05, 0.1) is 23.5 Å². The molecule has 0 spiro atoms. The number of amides is 1. The molecular weight excluding hydrogens is 404 g/mol. The maximum atomic E-state index is 12.4. The van der Waals surface area contributed by atoms with Crippen LogP contribution >= 0.6 is 11.6 Å². The molecule has 2 heterocycles. The topological polar surface area (TPSA) is 98.1 Å². The number of rotatable bonds is 7. The molecule has 1 fully saturated rings. The van der Waals surface area contributed by atoms with Crippen molar-refractivity contribution in [3.05, 3.63) is 52.8 Å². The Bertz CT molecular complexity index is 916. The van der Waals surface area contributed by atoms with E-state index in [0.29, 0.717) is 35.2 Å². The number of nitrogens with zero attached hydrogens (tertiary/aromatic N) is 5. The number of benzene rings is 1. The number of H-pyrrole nitrogens is 1. The monoisotopic (exact) mass is 428 g/mol. The Kier molecular flexibility index (Phi) is 7.31. The van der Waals surface area contributed by atoms with Crippen molar-refractivity contribution in [2.45, 2.75) is 25.9 Å². The van der Waals surface area contributed by atoms with Gasteiger partial charge in [-0.25, -0.2) is 4.79 Å². The summed E-state index contributed by atoms with van der Waals surface area (Å²) in [6.07, 6.45) is 4.23.